The van der Waals surface area contributed by atoms with Gasteiger partial charge in [-0.25, -0.2) is 8.42 Å². The third-order valence-corrected chi connectivity index (χ3v) is 5.59. The lowest BCUT2D eigenvalue weighted by Crippen LogP contribution is -2.42. The molecule has 0 aliphatic carbocycles. The highest BCUT2D eigenvalue weighted by Crippen LogP contribution is 2.23. The predicted octanol–water partition coefficient (Wildman–Crippen LogP) is 2.69. The van der Waals surface area contributed by atoms with Crippen LogP contribution in [0.3, 0.4) is 0 Å². The van der Waals surface area contributed by atoms with Gasteiger partial charge in [0.25, 0.3) is 0 Å². The van der Waals surface area contributed by atoms with E-state index in [1.165, 1.54) is 0 Å². The second kappa shape index (κ2) is 6.90. The number of hydrogen-bond acceptors (Lipinski definition) is 3. The molecule has 0 aromatic heterocycles. The van der Waals surface area contributed by atoms with E-state index < -0.39 is 10.0 Å². The van der Waals surface area contributed by atoms with E-state index in [9.17, 15) is 8.42 Å². The maximum atomic E-state index is 12.9. The lowest BCUT2D eigenvalue weighted by Gasteiger charge is -2.31. The van der Waals surface area contributed by atoms with Crippen molar-refractivity contribution in [1.82, 2.24) is 4.31 Å². The Morgan fingerprint density at radius 2 is 1.81 bits per heavy atom. The summed E-state index contributed by atoms with van der Waals surface area (Å²) in [4.78, 5) is 0.367. The van der Waals surface area contributed by atoms with Crippen LogP contribution in [0.1, 0.15) is 38.3 Å². The number of rotatable bonds is 7. The van der Waals surface area contributed by atoms with Crippen molar-refractivity contribution in [2.75, 3.05) is 19.6 Å². The third-order valence-electron chi connectivity index (χ3n) is 3.75. The molecule has 0 aliphatic rings. The Labute approximate surface area is 129 Å². The quantitative estimate of drug-likeness (QED) is 0.842. The average molecular weight is 312 g/mol. The standard InChI is InChI=1S/C16H28N2O2S/c1-6-9-18(12-16(4,5)11-17)21(19,20)15-8-7-13(2)14(3)10-15/h7-8,10H,6,9,11-12,17H2,1-5H3. The monoisotopic (exact) mass is 312 g/mol. The van der Waals surface area contributed by atoms with Crippen molar-refractivity contribution >= 4 is 10.0 Å². The zero-order valence-electron chi connectivity index (χ0n) is 13.8. The number of nitrogens with zero attached hydrogens (tertiary/aromatic N) is 1. The van der Waals surface area contributed by atoms with E-state index in [0.717, 1.165) is 17.5 Å². The lowest BCUT2D eigenvalue weighted by molar-refractivity contribution is 0.266. The smallest absolute Gasteiger partial charge is 0.243 e. The van der Waals surface area contributed by atoms with Gasteiger partial charge in [-0.3, -0.25) is 0 Å². The average Bonchev–Trinajstić information content (AvgIpc) is 2.41. The fourth-order valence-electron chi connectivity index (χ4n) is 2.10. The van der Waals surface area contributed by atoms with Crippen LogP contribution >= 0.6 is 0 Å². The summed E-state index contributed by atoms with van der Waals surface area (Å²) in [6, 6.07) is 5.30. The van der Waals surface area contributed by atoms with Crippen LogP contribution < -0.4 is 5.73 Å². The number of sulfonamides is 1. The molecule has 1 rings (SSSR count). The first-order valence-electron chi connectivity index (χ1n) is 7.41. The molecule has 0 bridgehead atoms. The van der Waals surface area contributed by atoms with Crippen molar-refractivity contribution in [3.05, 3.63) is 29.3 Å². The Bertz CT molecular complexity index is 580. The van der Waals surface area contributed by atoms with Gasteiger partial charge < -0.3 is 5.73 Å². The Morgan fingerprint density at radius 1 is 1.19 bits per heavy atom. The zero-order chi connectivity index (χ0) is 16.3. The normalized spacial score (nSPS) is 12.9. The maximum absolute atomic E-state index is 12.9. The van der Waals surface area contributed by atoms with Crippen LogP contribution in [-0.4, -0.2) is 32.4 Å². The van der Waals surface area contributed by atoms with Crippen molar-refractivity contribution < 1.29 is 8.42 Å². The Kier molecular flexibility index (Phi) is 5.96. The van der Waals surface area contributed by atoms with Gasteiger partial charge in [0.05, 0.1) is 4.90 Å². The van der Waals surface area contributed by atoms with Crippen LogP contribution in [0.2, 0.25) is 0 Å². The fraction of sp³-hybridized carbons (Fsp3) is 0.625. The summed E-state index contributed by atoms with van der Waals surface area (Å²) in [6.45, 7) is 11.3. The van der Waals surface area contributed by atoms with E-state index in [1.54, 1.807) is 16.4 Å². The number of hydrogen-bond donors (Lipinski definition) is 1. The number of nitrogens with two attached hydrogens (primary N) is 1. The SMILES string of the molecule is CCCN(CC(C)(C)CN)S(=O)(=O)c1ccc(C)c(C)c1. The Balaban J connectivity index is 3.18. The van der Waals surface area contributed by atoms with Crippen LogP contribution in [0.5, 0.6) is 0 Å². The van der Waals surface area contributed by atoms with Crippen LogP contribution in [-0.2, 0) is 10.0 Å². The van der Waals surface area contributed by atoms with Crippen molar-refractivity contribution in [3.63, 3.8) is 0 Å². The van der Waals surface area contributed by atoms with Gasteiger partial charge in [0, 0.05) is 13.1 Å². The van der Waals surface area contributed by atoms with Gasteiger partial charge in [-0.2, -0.15) is 4.31 Å². The van der Waals surface area contributed by atoms with E-state index in [-0.39, 0.29) is 5.41 Å². The highest BCUT2D eigenvalue weighted by Gasteiger charge is 2.29. The molecule has 0 spiro atoms. The Morgan fingerprint density at radius 3 is 2.29 bits per heavy atom. The molecule has 21 heavy (non-hydrogen) atoms. The summed E-state index contributed by atoms with van der Waals surface area (Å²) < 4.78 is 27.3. The molecular weight excluding hydrogens is 284 g/mol. The molecule has 0 atom stereocenters. The minimum absolute atomic E-state index is 0.234. The van der Waals surface area contributed by atoms with Gasteiger partial charge >= 0.3 is 0 Å². The summed E-state index contributed by atoms with van der Waals surface area (Å²) >= 11 is 0. The van der Waals surface area contributed by atoms with E-state index >= 15 is 0 Å². The molecule has 1 aromatic rings. The summed E-state index contributed by atoms with van der Waals surface area (Å²) in [7, 11) is -3.47. The van der Waals surface area contributed by atoms with E-state index in [1.807, 2.05) is 40.7 Å². The predicted molar refractivity (Wildman–Crippen MR) is 87.8 cm³/mol. The minimum Gasteiger partial charge on any atom is -0.330 e. The molecule has 0 heterocycles. The summed E-state index contributed by atoms with van der Waals surface area (Å²) in [5, 5.41) is 0. The largest absolute Gasteiger partial charge is 0.330 e. The van der Waals surface area contributed by atoms with Crippen LogP contribution in [0.4, 0.5) is 0 Å². The molecule has 5 heteroatoms. The van der Waals surface area contributed by atoms with Crippen LogP contribution in [0.15, 0.2) is 23.1 Å². The molecule has 0 unspecified atom stereocenters. The molecule has 0 amide bonds. The third kappa shape index (κ3) is 4.53. The van der Waals surface area contributed by atoms with Crippen LogP contribution in [0.25, 0.3) is 0 Å². The molecule has 0 saturated heterocycles. The number of benzene rings is 1. The van der Waals surface area contributed by atoms with Gasteiger partial charge in [-0.05, 0) is 55.5 Å². The van der Waals surface area contributed by atoms with Gasteiger partial charge in [0.15, 0.2) is 0 Å². The maximum Gasteiger partial charge on any atom is 0.243 e. The minimum atomic E-state index is -3.47. The summed E-state index contributed by atoms with van der Waals surface area (Å²) in [6.07, 6.45) is 0.782. The summed E-state index contributed by atoms with van der Waals surface area (Å²) in [5.41, 5.74) is 7.61. The molecule has 0 saturated carbocycles. The molecule has 4 nitrogen and oxygen atoms in total. The van der Waals surface area contributed by atoms with Gasteiger partial charge in [0.2, 0.25) is 10.0 Å². The van der Waals surface area contributed by atoms with Crippen molar-refractivity contribution in [3.8, 4) is 0 Å². The number of aryl methyl sites for hydroxylation is 2. The molecule has 0 aliphatic heterocycles. The molecule has 120 valence electrons. The second-order valence-electron chi connectivity index (χ2n) is 6.45. The van der Waals surface area contributed by atoms with E-state index in [4.69, 9.17) is 5.73 Å². The Hall–Kier alpha value is -0.910. The van der Waals surface area contributed by atoms with Gasteiger partial charge in [-0.1, -0.05) is 26.8 Å². The van der Waals surface area contributed by atoms with Crippen molar-refractivity contribution in [2.24, 2.45) is 11.1 Å². The van der Waals surface area contributed by atoms with Crippen molar-refractivity contribution in [2.45, 2.75) is 45.9 Å². The van der Waals surface area contributed by atoms with Crippen molar-refractivity contribution in [1.29, 1.82) is 0 Å². The van der Waals surface area contributed by atoms with E-state index in [2.05, 4.69) is 0 Å². The lowest BCUT2D eigenvalue weighted by atomic mass is 9.94. The molecule has 2 N–H and O–H groups in total. The first kappa shape index (κ1) is 18.1. The van der Waals surface area contributed by atoms with Gasteiger partial charge in [0.1, 0.15) is 0 Å². The topological polar surface area (TPSA) is 63.4 Å². The first-order valence-corrected chi connectivity index (χ1v) is 8.85. The molecular formula is C16H28N2O2S. The second-order valence-corrected chi connectivity index (χ2v) is 8.39. The van der Waals surface area contributed by atoms with Gasteiger partial charge in [-0.15, -0.1) is 0 Å². The van der Waals surface area contributed by atoms with E-state index in [0.29, 0.717) is 24.5 Å². The van der Waals surface area contributed by atoms with Crippen LogP contribution in [0, 0.1) is 19.3 Å². The zero-order valence-corrected chi connectivity index (χ0v) is 14.6. The summed E-state index contributed by atoms with van der Waals surface area (Å²) in [5.74, 6) is 0. The fourth-order valence-corrected chi connectivity index (χ4v) is 3.91. The molecule has 0 fully saturated rings. The molecule has 1 aromatic carbocycles. The molecule has 0 radical (unpaired) electrons. The highest BCUT2D eigenvalue weighted by atomic mass is 32.2. The highest BCUT2D eigenvalue weighted by molar-refractivity contribution is 7.89. The first-order chi connectivity index (χ1) is 9.64.